The van der Waals surface area contributed by atoms with Crippen molar-refractivity contribution in [3.8, 4) is 10.4 Å². The van der Waals surface area contributed by atoms with E-state index >= 15 is 0 Å². The van der Waals surface area contributed by atoms with Crippen molar-refractivity contribution >= 4 is 32.9 Å². The molecule has 27 heavy (non-hydrogen) atoms. The number of nitrogens with zero attached hydrogens (tertiary/aromatic N) is 3. The lowest BCUT2D eigenvalue weighted by Crippen LogP contribution is -2.26. The van der Waals surface area contributed by atoms with Gasteiger partial charge in [-0.25, -0.2) is 4.98 Å². The number of hydrogen-bond acceptors (Lipinski definition) is 5. The van der Waals surface area contributed by atoms with Crippen LogP contribution in [0, 0.1) is 0 Å². The van der Waals surface area contributed by atoms with Gasteiger partial charge < -0.3 is 9.55 Å². The number of thiophene rings is 2. The van der Waals surface area contributed by atoms with E-state index in [1.54, 1.807) is 22.7 Å². The summed E-state index contributed by atoms with van der Waals surface area (Å²) < 4.78 is 2.19. The number of H-pyrrole nitrogens is 1. The van der Waals surface area contributed by atoms with Crippen LogP contribution in [0.25, 0.3) is 20.7 Å². The van der Waals surface area contributed by atoms with Crippen LogP contribution in [-0.2, 0) is 13.6 Å². The van der Waals surface area contributed by atoms with Crippen molar-refractivity contribution < 1.29 is 0 Å². The fourth-order valence-electron chi connectivity index (χ4n) is 4.04. The maximum Gasteiger partial charge on any atom is 0.260 e. The van der Waals surface area contributed by atoms with Crippen molar-refractivity contribution in [1.82, 2.24) is 19.4 Å². The highest BCUT2D eigenvalue weighted by Crippen LogP contribution is 2.35. The van der Waals surface area contributed by atoms with Crippen LogP contribution in [0.3, 0.4) is 0 Å². The van der Waals surface area contributed by atoms with E-state index in [1.807, 2.05) is 22.9 Å². The van der Waals surface area contributed by atoms with Crippen LogP contribution >= 0.6 is 22.7 Å². The summed E-state index contributed by atoms with van der Waals surface area (Å²) in [5.41, 5.74) is 2.29. The molecule has 5 rings (SSSR count). The van der Waals surface area contributed by atoms with E-state index in [1.165, 1.54) is 12.1 Å². The van der Waals surface area contributed by atoms with Gasteiger partial charge in [-0.15, -0.1) is 22.7 Å². The zero-order valence-electron chi connectivity index (χ0n) is 15.0. The Morgan fingerprint density at radius 2 is 2.22 bits per heavy atom. The molecule has 0 aliphatic carbocycles. The summed E-state index contributed by atoms with van der Waals surface area (Å²) in [5, 5.41) is 4.79. The molecule has 1 unspecified atom stereocenters. The van der Waals surface area contributed by atoms with Crippen molar-refractivity contribution in [2.75, 3.05) is 6.54 Å². The first-order chi connectivity index (χ1) is 13.2. The second-order valence-corrected chi connectivity index (χ2v) is 8.80. The molecule has 0 amide bonds. The van der Waals surface area contributed by atoms with Gasteiger partial charge in [-0.05, 0) is 43.0 Å². The van der Waals surface area contributed by atoms with E-state index in [4.69, 9.17) is 4.98 Å². The first-order valence-electron chi connectivity index (χ1n) is 9.10. The Balaban J connectivity index is 1.48. The fraction of sp³-hybridized carbons (Fsp3) is 0.300. The molecule has 4 aromatic heterocycles. The van der Waals surface area contributed by atoms with Gasteiger partial charge in [0, 0.05) is 34.8 Å². The average molecular weight is 397 g/mol. The van der Waals surface area contributed by atoms with Crippen LogP contribution in [0.4, 0.5) is 0 Å². The molecule has 5 nitrogen and oxygen atoms in total. The van der Waals surface area contributed by atoms with Gasteiger partial charge in [0.2, 0.25) is 0 Å². The Bertz CT molecular complexity index is 1140. The molecule has 138 valence electrons. The molecule has 1 N–H and O–H groups in total. The van der Waals surface area contributed by atoms with Gasteiger partial charge in [-0.1, -0.05) is 6.07 Å². The lowest BCUT2D eigenvalue weighted by Gasteiger charge is -2.24. The highest BCUT2D eigenvalue weighted by atomic mass is 32.1. The lowest BCUT2D eigenvalue weighted by molar-refractivity contribution is 0.235. The number of nitrogens with one attached hydrogen (secondary N) is 1. The maximum absolute atomic E-state index is 12.8. The minimum Gasteiger partial charge on any atom is -0.353 e. The van der Waals surface area contributed by atoms with E-state index in [-0.39, 0.29) is 5.56 Å². The number of aryl methyl sites for hydroxylation is 1. The molecule has 1 fully saturated rings. The number of aromatic amines is 1. The first-order valence-corrected chi connectivity index (χ1v) is 10.9. The summed E-state index contributed by atoms with van der Waals surface area (Å²) in [6.45, 7) is 1.70. The molecular formula is C20H20N4OS2. The van der Waals surface area contributed by atoms with Gasteiger partial charge in [0.25, 0.3) is 5.56 Å². The van der Waals surface area contributed by atoms with Crippen LogP contribution < -0.4 is 5.56 Å². The van der Waals surface area contributed by atoms with Crippen molar-refractivity contribution in [2.45, 2.75) is 25.4 Å². The third kappa shape index (κ3) is 2.96. The van der Waals surface area contributed by atoms with Gasteiger partial charge in [0.15, 0.2) is 0 Å². The SMILES string of the molecule is Cn1cccc1C1CCCN1Cc1nc2scc(-c3cccs3)c2c(=O)[nH]1. The topological polar surface area (TPSA) is 53.9 Å². The molecular weight excluding hydrogens is 376 g/mol. The van der Waals surface area contributed by atoms with Gasteiger partial charge in [-0.3, -0.25) is 9.69 Å². The molecule has 0 radical (unpaired) electrons. The minimum absolute atomic E-state index is 0.0331. The second-order valence-electron chi connectivity index (χ2n) is 6.99. The molecule has 0 aromatic carbocycles. The zero-order chi connectivity index (χ0) is 18.4. The predicted octanol–water partition coefficient (Wildman–Crippen LogP) is 4.39. The average Bonchev–Trinajstić information content (AvgIpc) is 3.41. The molecule has 1 atom stereocenters. The van der Waals surface area contributed by atoms with E-state index in [0.717, 1.165) is 34.1 Å². The highest BCUT2D eigenvalue weighted by Gasteiger charge is 2.28. The van der Waals surface area contributed by atoms with Crippen LogP contribution in [0.5, 0.6) is 0 Å². The molecule has 5 heterocycles. The Morgan fingerprint density at radius 3 is 3.00 bits per heavy atom. The molecule has 7 heteroatoms. The number of rotatable bonds is 4. The number of fused-ring (bicyclic) bond motifs is 1. The minimum atomic E-state index is -0.0331. The van der Waals surface area contributed by atoms with Gasteiger partial charge in [0.1, 0.15) is 10.7 Å². The second kappa shape index (κ2) is 6.74. The number of hydrogen-bond donors (Lipinski definition) is 1. The number of likely N-dealkylation sites (tertiary alicyclic amines) is 1. The Morgan fingerprint density at radius 1 is 1.30 bits per heavy atom. The van der Waals surface area contributed by atoms with E-state index < -0.39 is 0 Å². The van der Waals surface area contributed by atoms with E-state index in [9.17, 15) is 4.79 Å². The van der Waals surface area contributed by atoms with E-state index in [2.05, 4.69) is 39.8 Å². The van der Waals surface area contributed by atoms with Gasteiger partial charge >= 0.3 is 0 Å². The van der Waals surface area contributed by atoms with Crippen molar-refractivity contribution in [2.24, 2.45) is 7.05 Å². The maximum atomic E-state index is 12.8. The fourth-order valence-corrected chi connectivity index (χ4v) is 5.83. The molecule has 4 aromatic rings. The van der Waals surface area contributed by atoms with Crippen molar-refractivity contribution in [1.29, 1.82) is 0 Å². The molecule has 1 aliphatic heterocycles. The Kier molecular flexibility index (Phi) is 4.22. The Labute approximate surface area is 164 Å². The summed E-state index contributed by atoms with van der Waals surface area (Å²) in [5.74, 6) is 0.758. The molecule has 1 saturated heterocycles. The molecule has 0 spiro atoms. The van der Waals surface area contributed by atoms with Gasteiger partial charge in [0.05, 0.1) is 18.0 Å². The third-order valence-corrected chi connectivity index (χ3v) is 7.10. The quantitative estimate of drug-likeness (QED) is 0.557. The molecule has 0 saturated carbocycles. The zero-order valence-corrected chi connectivity index (χ0v) is 16.6. The normalized spacial score (nSPS) is 17.9. The summed E-state index contributed by atoms with van der Waals surface area (Å²) >= 11 is 3.20. The van der Waals surface area contributed by atoms with Crippen molar-refractivity contribution in [3.05, 3.63) is 63.1 Å². The Hall–Kier alpha value is -2.22. The highest BCUT2D eigenvalue weighted by molar-refractivity contribution is 7.18. The van der Waals surface area contributed by atoms with E-state index in [0.29, 0.717) is 18.0 Å². The first kappa shape index (κ1) is 16.9. The van der Waals surface area contributed by atoms with Crippen LogP contribution in [0.2, 0.25) is 0 Å². The third-order valence-electron chi connectivity index (χ3n) is 5.32. The van der Waals surface area contributed by atoms with Gasteiger partial charge in [-0.2, -0.15) is 0 Å². The summed E-state index contributed by atoms with van der Waals surface area (Å²) in [6.07, 6.45) is 4.41. The van der Waals surface area contributed by atoms with Crippen LogP contribution in [-0.4, -0.2) is 26.0 Å². The lowest BCUT2D eigenvalue weighted by atomic mass is 10.1. The number of aromatic nitrogens is 3. The standard InChI is InChI=1S/C20H20N4OS2/c1-23-8-2-5-14(23)15-6-3-9-24(15)11-17-21-19(25)18-13(12-27-20(18)22-17)16-7-4-10-26-16/h2,4-5,7-8,10,12,15H,3,6,9,11H2,1H3,(H,21,22,25). The molecule has 1 aliphatic rings. The van der Waals surface area contributed by atoms with Crippen LogP contribution in [0.1, 0.15) is 30.4 Å². The van der Waals surface area contributed by atoms with Crippen LogP contribution in [0.15, 0.2) is 46.0 Å². The summed E-state index contributed by atoms with van der Waals surface area (Å²) in [4.78, 5) is 25.0. The predicted molar refractivity (Wildman–Crippen MR) is 111 cm³/mol. The largest absolute Gasteiger partial charge is 0.353 e. The summed E-state index contributed by atoms with van der Waals surface area (Å²) in [7, 11) is 2.09. The smallest absolute Gasteiger partial charge is 0.260 e. The van der Waals surface area contributed by atoms with Crippen molar-refractivity contribution in [3.63, 3.8) is 0 Å². The molecule has 0 bridgehead atoms. The summed E-state index contributed by atoms with van der Waals surface area (Å²) in [6, 6.07) is 8.73. The monoisotopic (exact) mass is 396 g/mol.